The van der Waals surface area contributed by atoms with Crippen LogP contribution in [0.15, 0.2) is 24.3 Å². The van der Waals surface area contributed by atoms with Gasteiger partial charge in [0.15, 0.2) is 6.61 Å². The molecule has 2 bridgehead atoms. The molecular weight excluding hydrogens is 238 g/mol. The molecule has 0 saturated heterocycles. The average molecular weight is 259 g/mol. The van der Waals surface area contributed by atoms with E-state index in [9.17, 15) is 4.79 Å². The molecule has 1 amide bonds. The highest BCUT2D eigenvalue weighted by Crippen LogP contribution is 2.44. The van der Waals surface area contributed by atoms with Crippen LogP contribution in [-0.4, -0.2) is 18.6 Å². The van der Waals surface area contributed by atoms with E-state index in [4.69, 9.17) is 4.74 Å². The van der Waals surface area contributed by atoms with E-state index in [0.29, 0.717) is 12.0 Å². The highest BCUT2D eigenvalue weighted by molar-refractivity contribution is 5.78. The molecule has 102 valence electrons. The Bertz CT molecular complexity index is 472. The second-order valence-corrected chi connectivity index (χ2v) is 5.95. The molecule has 3 nitrogen and oxygen atoms in total. The molecule has 2 saturated carbocycles. The van der Waals surface area contributed by atoms with Gasteiger partial charge in [-0.3, -0.25) is 4.79 Å². The first-order valence-corrected chi connectivity index (χ1v) is 7.19. The number of ether oxygens (including phenoxy) is 1. The molecular formula is C16H21NO2. The molecule has 1 aromatic rings. The fourth-order valence-electron chi connectivity index (χ4n) is 3.52. The van der Waals surface area contributed by atoms with Gasteiger partial charge >= 0.3 is 0 Å². The lowest BCUT2D eigenvalue weighted by atomic mass is 9.95. The van der Waals surface area contributed by atoms with Crippen molar-refractivity contribution in [1.82, 2.24) is 5.32 Å². The maximum atomic E-state index is 11.9. The van der Waals surface area contributed by atoms with Crippen LogP contribution < -0.4 is 10.1 Å². The van der Waals surface area contributed by atoms with Gasteiger partial charge in [0.1, 0.15) is 5.75 Å². The molecule has 2 aliphatic carbocycles. The van der Waals surface area contributed by atoms with E-state index in [1.165, 1.54) is 25.7 Å². The molecule has 1 N–H and O–H groups in total. The first kappa shape index (κ1) is 12.5. The Hall–Kier alpha value is -1.51. The van der Waals surface area contributed by atoms with Crippen molar-refractivity contribution in [3.05, 3.63) is 29.8 Å². The summed E-state index contributed by atoms with van der Waals surface area (Å²) >= 11 is 0. The second kappa shape index (κ2) is 5.24. The predicted molar refractivity (Wildman–Crippen MR) is 74.1 cm³/mol. The minimum absolute atomic E-state index is 0.0130. The number of benzene rings is 1. The Morgan fingerprint density at radius 2 is 2.26 bits per heavy atom. The van der Waals surface area contributed by atoms with Crippen LogP contribution in [0.5, 0.6) is 5.75 Å². The molecule has 2 aliphatic rings. The lowest BCUT2D eigenvalue weighted by Gasteiger charge is -2.22. The van der Waals surface area contributed by atoms with Gasteiger partial charge in [-0.1, -0.05) is 18.6 Å². The van der Waals surface area contributed by atoms with Crippen molar-refractivity contribution in [2.24, 2.45) is 11.8 Å². The van der Waals surface area contributed by atoms with Crippen LogP contribution in [0, 0.1) is 18.8 Å². The highest BCUT2D eigenvalue weighted by Gasteiger charge is 2.40. The molecule has 0 heterocycles. The van der Waals surface area contributed by atoms with Gasteiger partial charge in [0.05, 0.1) is 0 Å². The topological polar surface area (TPSA) is 38.3 Å². The van der Waals surface area contributed by atoms with Crippen molar-refractivity contribution in [3.63, 3.8) is 0 Å². The number of nitrogens with one attached hydrogen (secondary N) is 1. The number of aryl methyl sites for hydroxylation is 1. The van der Waals surface area contributed by atoms with Crippen molar-refractivity contribution in [1.29, 1.82) is 0 Å². The lowest BCUT2D eigenvalue weighted by molar-refractivity contribution is -0.124. The van der Waals surface area contributed by atoms with Gasteiger partial charge in [0.2, 0.25) is 0 Å². The summed E-state index contributed by atoms with van der Waals surface area (Å²) in [6.45, 7) is 2.14. The predicted octanol–water partition coefficient (Wildman–Crippen LogP) is 2.68. The van der Waals surface area contributed by atoms with E-state index in [1.807, 2.05) is 31.2 Å². The number of hydrogen-bond donors (Lipinski definition) is 1. The third-order valence-corrected chi connectivity index (χ3v) is 4.44. The van der Waals surface area contributed by atoms with Crippen molar-refractivity contribution in [2.45, 2.75) is 38.6 Å². The Morgan fingerprint density at radius 1 is 1.37 bits per heavy atom. The molecule has 0 aliphatic heterocycles. The zero-order chi connectivity index (χ0) is 13.2. The van der Waals surface area contributed by atoms with E-state index in [-0.39, 0.29) is 12.5 Å². The molecule has 2 fully saturated rings. The quantitative estimate of drug-likeness (QED) is 0.902. The number of fused-ring (bicyclic) bond motifs is 2. The minimum Gasteiger partial charge on any atom is -0.484 e. The molecule has 1 aromatic carbocycles. The van der Waals surface area contributed by atoms with Crippen LogP contribution in [0.25, 0.3) is 0 Å². The van der Waals surface area contributed by atoms with Crippen molar-refractivity contribution in [3.8, 4) is 5.75 Å². The summed E-state index contributed by atoms with van der Waals surface area (Å²) < 4.78 is 5.53. The van der Waals surface area contributed by atoms with Crippen LogP contribution in [0.2, 0.25) is 0 Å². The third-order valence-electron chi connectivity index (χ3n) is 4.44. The van der Waals surface area contributed by atoms with Crippen LogP contribution in [0.4, 0.5) is 0 Å². The summed E-state index contributed by atoms with van der Waals surface area (Å²) in [7, 11) is 0. The zero-order valence-corrected chi connectivity index (χ0v) is 11.4. The molecule has 0 radical (unpaired) electrons. The lowest BCUT2D eigenvalue weighted by Crippen LogP contribution is -2.40. The largest absolute Gasteiger partial charge is 0.484 e. The van der Waals surface area contributed by atoms with Crippen molar-refractivity contribution >= 4 is 5.91 Å². The van der Waals surface area contributed by atoms with E-state index in [2.05, 4.69) is 5.32 Å². The molecule has 0 aromatic heterocycles. The fourth-order valence-corrected chi connectivity index (χ4v) is 3.52. The maximum Gasteiger partial charge on any atom is 0.258 e. The first-order valence-electron chi connectivity index (χ1n) is 7.19. The van der Waals surface area contributed by atoms with Crippen LogP contribution in [0.3, 0.4) is 0 Å². The smallest absolute Gasteiger partial charge is 0.258 e. The van der Waals surface area contributed by atoms with Gasteiger partial charge in [-0.25, -0.2) is 0 Å². The Balaban J connectivity index is 1.47. The minimum atomic E-state index is 0.0130. The molecule has 3 heteroatoms. The number of hydrogen-bond acceptors (Lipinski definition) is 2. The van der Waals surface area contributed by atoms with Crippen LogP contribution in [0.1, 0.15) is 31.2 Å². The normalized spacial score (nSPS) is 28.4. The first-order chi connectivity index (χ1) is 9.20. The summed E-state index contributed by atoms with van der Waals surface area (Å²) in [6.07, 6.45) is 5.12. The van der Waals surface area contributed by atoms with E-state index in [1.54, 1.807) is 0 Å². The Labute approximate surface area is 114 Å². The summed E-state index contributed by atoms with van der Waals surface area (Å²) in [5.41, 5.74) is 1.14. The number of amides is 1. The standard InChI is InChI=1S/C16H21NO2/c1-11-3-2-4-14(7-11)19-10-16(18)17-15-9-12-5-6-13(15)8-12/h2-4,7,12-13,15H,5-6,8-10H2,1H3,(H,17,18)/t12-,13-,15-/m1/s1. The average Bonchev–Trinajstić information content (AvgIpc) is 2.99. The molecule has 19 heavy (non-hydrogen) atoms. The molecule has 3 atom stereocenters. The third kappa shape index (κ3) is 2.91. The van der Waals surface area contributed by atoms with Crippen LogP contribution >= 0.6 is 0 Å². The highest BCUT2D eigenvalue weighted by atomic mass is 16.5. The zero-order valence-electron chi connectivity index (χ0n) is 11.4. The van der Waals surface area contributed by atoms with Gasteiger partial charge < -0.3 is 10.1 Å². The second-order valence-electron chi connectivity index (χ2n) is 5.95. The molecule has 0 spiro atoms. The monoisotopic (exact) mass is 259 g/mol. The maximum absolute atomic E-state index is 11.9. The fraction of sp³-hybridized carbons (Fsp3) is 0.562. The van der Waals surface area contributed by atoms with Gasteiger partial charge in [0.25, 0.3) is 5.91 Å². The molecule has 3 rings (SSSR count). The molecule has 0 unspecified atom stereocenters. The summed E-state index contributed by atoms with van der Waals surface area (Å²) in [6, 6.07) is 8.19. The number of rotatable bonds is 4. The Kier molecular flexibility index (Phi) is 3.45. The number of carbonyl (C=O) groups excluding carboxylic acids is 1. The van der Waals surface area contributed by atoms with Gasteiger partial charge in [-0.15, -0.1) is 0 Å². The summed E-state index contributed by atoms with van der Waals surface area (Å²) in [5, 5.41) is 3.13. The van der Waals surface area contributed by atoms with Crippen molar-refractivity contribution < 1.29 is 9.53 Å². The van der Waals surface area contributed by atoms with Crippen molar-refractivity contribution in [2.75, 3.05) is 6.61 Å². The van der Waals surface area contributed by atoms with Gasteiger partial charge in [-0.05, 0) is 55.7 Å². The summed E-state index contributed by atoms with van der Waals surface area (Å²) in [4.78, 5) is 11.9. The van der Waals surface area contributed by atoms with Crippen LogP contribution in [-0.2, 0) is 4.79 Å². The van der Waals surface area contributed by atoms with Gasteiger partial charge in [-0.2, -0.15) is 0 Å². The SMILES string of the molecule is Cc1cccc(OCC(=O)N[C@@H]2C[C@@H]3CC[C@@H]2C3)c1. The summed E-state index contributed by atoms with van der Waals surface area (Å²) in [5.74, 6) is 2.35. The number of carbonyl (C=O) groups is 1. The Morgan fingerprint density at radius 3 is 2.95 bits per heavy atom. The van der Waals surface area contributed by atoms with Gasteiger partial charge in [0, 0.05) is 6.04 Å². The van der Waals surface area contributed by atoms with E-state index < -0.39 is 0 Å². The van der Waals surface area contributed by atoms with E-state index >= 15 is 0 Å². The van der Waals surface area contributed by atoms with E-state index in [0.717, 1.165) is 17.2 Å².